The van der Waals surface area contributed by atoms with Crippen molar-refractivity contribution in [2.24, 2.45) is 34.8 Å². The third-order valence-corrected chi connectivity index (χ3v) is 21.1. The van der Waals surface area contributed by atoms with Gasteiger partial charge >= 0.3 is 23.9 Å². The van der Waals surface area contributed by atoms with Gasteiger partial charge in [0, 0.05) is 136 Å². The largest absolute Gasteiger partial charge is 0.507 e. The number of unbranched alkanes of at least 4 members (excludes halogenated alkanes) is 2. The third kappa shape index (κ3) is 17.2. The number of aliphatic hydroxyl groups excluding tert-OH is 2. The number of nitrogens with one attached hydrogen (secondary N) is 6. The lowest BCUT2D eigenvalue weighted by atomic mass is 9.67. The Morgan fingerprint density at radius 3 is 2.19 bits per heavy atom. The summed E-state index contributed by atoms with van der Waals surface area (Å²) in [6.07, 6.45) is 8.79. The highest BCUT2D eigenvalue weighted by Gasteiger charge is 2.53. The van der Waals surface area contributed by atoms with E-state index in [0.717, 1.165) is 4.90 Å². The minimum absolute atomic E-state index is 0.0368. The highest BCUT2D eigenvalue weighted by molar-refractivity contribution is 6.22. The lowest BCUT2D eigenvalue weighted by Crippen LogP contribution is -2.58. The number of aromatic nitrogens is 1. The molecule has 0 unspecified atom stereocenters. The zero-order valence-corrected chi connectivity index (χ0v) is 61.7. The molecule has 5 heterocycles. The molecule has 5 aliphatic heterocycles. The fraction of sp³-hybridized carbons (Fsp3) is 0.481. The van der Waals surface area contributed by atoms with E-state index in [2.05, 4.69) is 31.9 Å². The second kappa shape index (κ2) is 33.9. The number of ketones is 1. The molecular weight excluding hydrogens is 1400 g/mol. The topological polar surface area (TPSA) is 446 Å². The van der Waals surface area contributed by atoms with Crippen LogP contribution in [0.15, 0.2) is 93.9 Å². The number of alkyl carbamates (subject to hydrolysis) is 1. The average molecular weight is 1500 g/mol. The number of esters is 1. The number of ether oxygens (including phenoxy) is 5. The van der Waals surface area contributed by atoms with Crippen molar-refractivity contribution in [3.8, 4) is 28.7 Å². The zero-order chi connectivity index (χ0) is 78.2. The number of rotatable bonds is 21. The van der Waals surface area contributed by atoms with Crippen LogP contribution in [0.4, 0.5) is 26.7 Å². The van der Waals surface area contributed by atoms with Crippen LogP contribution in [0, 0.1) is 36.0 Å². The molecule has 4 bridgehead atoms. The number of fused-ring (bicyclic) bond motifs is 2. The number of methoxy groups -OCH3 is 1. The van der Waals surface area contributed by atoms with Crippen LogP contribution in [0.5, 0.6) is 17.2 Å². The average Bonchev–Trinajstić information content (AvgIpc) is 0.923. The van der Waals surface area contributed by atoms with Crippen LogP contribution in [0.25, 0.3) is 33.3 Å². The van der Waals surface area contributed by atoms with Crippen LogP contribution in [0.3, 0.4) is 0 Å². The Morgan fingerprint density at radius 2 is 1.54 bits per heavy atom. The number of allylic oxidation sites excluding steroid dienone is 2. The van der Waals surface area contributed by atoms with E-state index < -0.39 is 135 Å². The van der Waals surface area contributed by atoms with E-state index in [-0.39, 0.29) is 126 Å². The van der Waals surface area contributed by atoms with Gasteiger partial charge in [-0.15, -0.1) is 0 Å². The summed E-state index contributed by atoms with van der Waals surface area (Å²) in [6.45, 7) is 13.4. The summed E-state index contributed by atoms with van der Waals surface area (Å²) in [5.74, 6) is -11.1. The Morgan fingerprint density at radius 1 is 0.843 bits per heavy atom. The van der Waals surface area contributed by atoms with Crippen LogP contribution in [0.1, 0.15) is 134 Å². The number of carbonyl (C=O) groups is 10. The second-order valence-electron chi connectivity index (χ2n) is 28.6. The number of nitrogens with zero attached hydrogens (tertiary/aromatic N) is 3. The van der Waals surface area contributed by atoms with Crippen molar-refractivity contribution in [1.29, 1.82) is 0 Å². The molecule has 0 spiro atoms. The molecule has 31 heteroatoms. The molecule has 1 saturated heterocycles. The minimum Gasteiger partial charge on any atom is -0.507 e. The first-order chi connectivity index (χ1) is 51.4. The molecular formula is C77H94N10O21. The number of piperidine rings is 1. The molecule has 2 aliphatic carbocycles. The maximum Gasteiger partial charge on any atom is 0.407 e. The van der Waals surface area contributed by atoms with Crippen LogP contribution >= 0.6 is 0 Å². The predicted octanol–water partition coefficient (Wildman–Crippen LogP) is 6.80. The Balaban J connectivity index is 0.817. The van der Waals surface area contributed by atoms with Crippen molar-refractivity contribution < 1.29 is 96.5 Å². The number of primary amides is 1. The summed E-state index contributed by atoms with van der Waals surface area (Å²) >= 11 is 0. The molecule has 31 nitrogen and oxygen atoms in total. The summed E-state index contributed by atoms with van der Waals surface area (Å²) in [6, 6.07) is 7.25. The van der Waals surface area contributed by atoms with Crippen molar-refractivity contribution >= 4 is 98.3 Å². The fourth-order valence-corrected chi connectivity index (χ4v) is 14.4. The van der Waals surface area contributed by atoms with E-state index in [0.29, 0.717) is 68.6 Å². The molecule has 2 fully saturated rings. The molecule has 0 radical (unpaired) electrons. The highest BCUT2D eigenvalue weighted by Crippen LogP contribution is 2.51. The lowest BCUT2D eigenvalue weighted by Gasteiger charge is -2.39. The van der Waals surface area contributed by atoms with Gasteiger partial charge in [-0.1, -0.05) is 64.5 Å². The van der Waals surface area contributed by atoms with Gasteiger partial charge in [-0.2, -0.15) is 0 Å². The number of anilines is 3. The van der Waals surface area contributed by atoms with E-state index >= 15 is 9.59 Å². The number of aromatic hydroxyl groups is 2. The highest BCUT2D eigenvalue weighted by atomic mass is 16.7. The number of urea groups is 1. The van der Waals surface area contributed by atoms with Gasteiger partial charge < -0.3 is 91.1 Å². The van der Waals surface area contributed by atoms with Crippen molar-refractivity contribution in [1.82, 2.24) is 31.2 Å². The molecule has 12 N–H and O–H groups in total. The molecule has 578 valence electrons. The van der Waals surface area contributed by atoms with E-state index in [1.54, 1.807) is 64.1 Å². The Kier molecular flexibility index (Phi) is 25.0. The van der Waals surface area contributed by atoms with Crippen LogP contribution < -0.4 is 52.7 Å². The monoisotopic (exact) mass is 1490 g/mol. The van der Waals surface area contributed by atoms with Gasteiger partial charge in [-0.05, 0) is 95.4 Å². The van der Waals surface area contributed by atoms with Gasteiger partial charge in [0.1, 0.15) is 58.3 Å². The number of phenols is 2. The molecule has 108 heavy (non-hydrogen) atoms. The first-order valence-electron chi connectivity index (χ1n) is 36.2. The maximum atomic E-state index is 15.1. The van der Waals surface area contributed by atoms with Gasteiger partial charge in [0.25, 0.3) is 23.5 Å². The van der Waals surface area contributed by atoms with Gasteiger partial charge in [0.2, 0.25) is 23.2 Å². The third-order valence-electron chi connectivity index (χ3n) is 21.1. The molecule has 3 aromatic carbocycles. The Labute approximate surface area is 622 Å². The van der Waals surface area contributed by atoms with Crippen molar-refractivity contribution in [3.63, 3.8) is 0 Å². The number of nitrogens with two attached hydrogens (primary N) is 1. The molecule has 9 amide bonds. The van der Waals surface area contributed by atoms with Gasteiger partial charge in [-0.3, -0.25) is 48.1 Å². The molecule has 10 rings (SSSR count). The summed E-state index contributed by atoms with van der Waals surface area (Å²) in [4.78, 5) is 155. The first-order valence-corrected chi connectivity index (χ1v) is 36.2. The number of hydrogen-bond acceptors (Lipinski definition) is 23. The van der Waals surface area contributed by atoms with Crippen molar-refractivity contribution in [2.45, 2.75) is 168 Å². The molecule has 1 saturated carbocycles. The SMILES string of the molecule is CO[C@H]1/C=C/O[C@@]2(C)Oc3c(C)c(O)c4c(=O)c(c5oc6cc(N7CCC(NC(=O)OCc8ccc(NC(=O)[C@H](CCCNC(N)=O)NC(=O)C9(C(=O)NCCCCCN%10C(=O)C=CC%10=O)CCC9)cc8)CC7)cc(O)c6nc-5c4c3C2=O)NC(=O)/C(C)=C\C=C\[C@H](C)[C@H](O)[C@@H](C)[C@@H](O)[C@@H](C)[C@H](OC(C)=O)[C@@H]1C. The predicted molar refractivity (Wildman–Crippen MR) is 394 cm³/mol. The summed E-state index contributed by atoms with van der Waals surface area (Å²) < 4.78 is 36.2. The van der Waals surface area contributed by atoms with Gasteiger partial charge in [-0.25, -0.2) is 14.6 Å². The first kappa shape index (κ1) is 79.6. The summed E-state index contributed by atoms with van der Waals surface area (Å²) in [5, 5.41) is 63.0. The maximum absolute atomic E-state index is 15.1. The lowest BCUT2D eigenvalue weighted by molar-refractivity contribution is -0.160. The fourth-order valence-electron chi connectivity index (χ4n) is 14.4. The number of carbonyl (C=O) groups excluding carboxylic acids is 10. The quantitative estimate of drug-likeness (QED) is 0.00897. The van der Waals surface area contributed by atoms with Gasteiger partial charge in [0.15, 0.2) is 11.3 Å². The molecule has 3 aromatic rings. The van der Waals surface area contributed by atoms with Crippen molar-refractivity contribution in [3.05, 3.63) is 112 Å². The van der Waals surface area contributed by atoms with E-state index in [1.807, 2.05) is 4.90 Å². The number of aliphatic hydroxyl groups is 2. The van der Waals surface area contributed by atoms with Gasteiger partial charge in [0.05, 0.1) is 35.5 Å². The number of amides is 9. The Bertz CT molecular complexity index is 4460. The smallest absolute Gasteiger partial charge is 0.407 e. The normalized spacial score (nSPS) is 24.6. The van der Waals surface area contributed by atoms with E-state index in [1.165, 1.54) is 77.5 Å². The standard InChI is InChI=1S/C77H94N10O21/c1-39-16-13-17-40(2)70(97)85-61-65(95)57-56(58-67(44(6)64(57)94)108-76(8,69(58)96)105-35-27-52(103-9)41(3)66(106-45(7)88)43(5)63(93)42(4)62(39)92)60-68(61)107-53-37-49(36-51(89)59(53)84-60)86-33-25-48(26-34-86)82-75(102)104-38-46-19-21-47(22-20-46)81-71(98)50(18-14-31-80-74(78)101)83-73(100)77(28-15-29-77)72(99)79-30-11-10-12-32-87-54(90)23-24-55(87)91/h13,16-17,19-24,27,35-37,39,41-43,48,50,52,62-63,66,89,92-94H,10-12,14-15,18,25-26,28-34,38H2,1-9H3,(H,79,99)(H,81,98)(H,82,102)(H,83,100)(H,85,97)(H3,78,80,101)/b16-13+,35-27+,40-17-/t39-,41+,42+,43+,50-,52-,62-,63+,66+,76-/m0/s1. The van der Waals surface area contributed by atoms with Crippen LogP contribution in [-0.4, -0.2) is 172 Å². The number of hydrogen-bond donors (Lipinski definition) is 11. The van der Waals surface area contributed by atoms with E-state index in [9.17, 15) is 63.6 Å². The molecule has 0 aromatic heterocycles. The molecule has 10 atom stereocenters. The number of benzene rings is 4. The minimum atomic E-state index is -2.17. The number of imide groups is 1. The summed E-state index contributed by atoms with van der Waals surface area (Å²) in [7, 11) is 1.41. The number of phenolic OH excluding ortho intramolecular Hbond substituents is 2. The number of Topliss-reactive ketones (excluding diaryl/α,β-unsaturated/α-hetero) is 1. The van der Waals surface area contributed by atoms with Crippen LogP contribution in [-0.2, 0) is 59.1 Å². The molecule has 7 aliphatic rings. The Hall–Kier alpha value is -10.9. The summed E-state index contributed by atoms with van der Waals surface area (Å²) in [5.41, 5.74) is 3.16. The van der Waals surface area contributed by atoms with Crippen molar-refractivity contribution in [2.75, 3.05) is 55.4 Å². The van der Waals surface area contributed by atoms with Crippen LogP contribution in [0.2, 0.25) is 0 Å². The van der Waals surface area contributed by atoms with E-state index in [4.69, 9.17) is 38.8 Å². The zero-order valence-electron chi connectivity index (χ0n) is 61.7. The second-order valence-corrected chi connectivity index (χ2v) is 28.6.